The SMILES string of the molecule is O=S(=O)(Nc1cccc2n[nH]nc12)c1cccc(Cl)c1. The number of sulfonamides is 1. The monoisotopic (exact) mass is 308 g/mol. The Morgan fingerprint density at radius 3 is 2.70 bits per heavy atom. The van der Waals surface area contributed by atoms with E-state index in [1.165, 1.54) is 12.1 Å². The van der Waals surface area contributed by atoms with E-state index in [9.17, 15) is 8.42 Å². The molecule has 0 atom stereocenters. The number of aromatic nitrogens is 3. The van der Waals surface area contributed by atoms with Gasteiger partial charge in [0.2, 0.25) is 0 Å². The van der Waals surface area contributed by atoms with Gasteiger partial charge in [-0.1, -0.05) is 23.7 Å². The van der Waals surface area contributed by atoms with Crippen molar-refractivity contribution >= 4 is 38.3 Å². The van der Waals surface area contributed by atoms with Crippen LogP contribution in [0.5, 0.6) is 0 Å². The average Bonchev–Trinajstić information content (AvgIpc) is 2.88. The standard InChI is InChI=1S/C12H9ClN4O2S/c13-8-3-1-4-9(7-8)20(18,19)16-11-6-2-5-10-12(11)15-17-14-10/h1-7,16H,(H,14,15,17). The second-order valence-corrected chi connectivity index (χ2v) is 6.18. The number of anilines is 1. The molecule has 2 N–H and O–H groups in total. The van der Waals surface area contributed by atoms with E-state index in [2.05, 4.69) is 20.1 Å². The molecule has 1 heterocycles. The quantitative estimate of drug-likeness (QED) is 0.777. The summed E-state index contributed by atoms with van der Waals surface area (Å²) in [6.07, 6.45) is 0. The zero-order chi connectivity index (χ0) is 14.2. The molecule has 3 rings (SSSR count). The molecule has 0 amide bonds. The number of hydrogen-bond acceptors (Lipinski definition) is 4. The van der Waals surface area contributed by atoms with E-state index in [0.29, 0.717) is 21.7 Å². The smallest absolute Gasteiger partial charge is 0.262 e. The summed E-state index contributed by atoms with van der Waals surface area (Å²) in [7, 11) is -3.72. The number of nitrogens with one attached hydrogen (secondary N) is 2. The van der Waals surface area contributed by atoms with Crippen LogP contribution in [-0.2, 0) is 10.0 Å². The minimum absolute atomic E-state index is 0.0884. The predicted molar refractivity (Wildman–Crippen MR) is 76.1 cm³/mol. The summed E-state index contributed by atoms with van der Waals surface area (Å²) >= 11 is 5.81. The van der Waals surface area contributed by atoms with Gasteiger partial charge in [-0.2, -0.15) is 15.4 Å². The fourth-order valence-corrected chi connectivity index (χ4v) is 3.16. The van der Waals surface area contributed by atoms with Crippen LogP contribution in [0.1, 0.15) is 0 Å². The third-order valence-electron chi connectivity index (χ3n) is 2.70. The molecule has 0 bridgehead atoms. The predicted octanol–water partition coefficient (Wildman–Crippen LogP) is 2.41. The molecule has 102 valence electrons. The summed E-state index contributed by atoms with van der Waals surface area (Å²) in [5.74, 6) is 0. The highest BCUT2D eigenvalue weighted by atomic mass is 35.5. The Kier molecular flexibility index (Phi) is 3.07. The van der Waals surface area contributed by atoms with E-state index in [1.807, 2.05) is 0 Å². The number of halogens is 1. The molecule has 0 aliphatic heterocycles. The van der Waals surface area contributed by atoms with Crippen LogP contribution < -0.4 is 4.72 Å². The molecule has 0 spiro atoms. The number of benzene rings is 2. The molecule has 0 radical (unpaired) electrons. The van der Waals surface area contributed by atoms with Crippen molar-refractivity contribution in [1.82, 2.24) is 15.4 Å². The first kappa shape index (κ1) is 12.9. The molecule has 0 unspecified atom stereocenters. The summed E-state index contributed by atoms with van der Waals surface area (Å²) in [6, 6.07) is 11.1. The second kappa shape index (κ2) is 4.77. The van der Waals surface area contributed by atoms with Gasteiger partial charge in [0.1, 0.15) is 11.0 Å². The molecule has 6 nitrogen and oxygen atoms in total. The zero-order valence-corrected chi connectivity index (χ0v) is 11.6. The van der Waals surface area contributed by atoms with Gasteiger partial charge in [0.05, 0.1) is 10.6 Å². The molecular formula is C12H9ClN4O2S. The second-order valence-electron chi connectivity index (χ2n) is 4.06. The Morgan fingerprint density at radius 2 is 1.90 bits per heavy atom. The van der Waals surface area contributed by atoms with Gasteiger partial charge in [-0.15, -0.1) is 0 Å². The zero-order valence-electron chi connectivity index (χ0n) is 10.0. The lowest BCUT2D eigenvalue weighted by atomic mass is 10.3. The first-order valence-electron chi connectivity index (χ1n) is 5.64. The molecule has 1 aromatic heterocycles. The summed E-state index contributed by atoms with van der Waals surface area (Å²) in [5, 5.41) is 10.6. The van der Waals surface area contributed by atoms with E-state index in [1.54, 1.807) is 30.3 Å². The number of para-hydroxylation sites is 1. The average molecular weight is 309 g/mol. The summed E-state index contributed by atoms with van der Waals surface area (Å²) < 4.78 is 27.1. The molecule has 0 aliphatic rings. The maximum Gasteiger partial charge on any atom is 0.262 e. The van der Waals surface area contributed by atoms with Crippen LogP contribution in [0, 0.1) is 0 Å². The van der Waals surface area contributed by atoms with Crippen LogP contribution in [0.4, 0.5) is 5.69 Å². The molecule has 0 saturated carbocycles. The topological polar surface area (TPSA) is 87.7 Å². The molecule has 8 heteroatoms. The van der Waals surface area contributed by atoms with Gasteiger partial charge in [-0.05, 0) is 30.3 Å². The van der Waals surface area contributed by atoms with Crippen LogP contribution in [0.25, 0.3) is 11.0 Å². The van der Waals surface area contributed by atoms with E-state index in [0.717, 1.165) is 0 Å². The van der Waals surface area contributed by atoms with Gasteiger partial charge in [-0.3, -0.25) is 4.72 Å². The van der Waals surface area contributed by atoms with Crippen molar-refractivity contribution < 1.29 is 8.42 Å². The number of fused-ring (bicyclic) bond motifs is 1. The van der Waals surface area contributed by atoms with E-state index < -0.39 is 10.0 Å². The molecular weight excluding hydrogens is 300 g/mol. The normalized spacial score (nSPS) is 11.7. The Labute approximate surface area is 119 Å². The van der Waals surface area contributed by atoms with E-state index in [-0.39, 0.29) is 4.90 Å². The van der Waals surface area contributed by atoms with Crippen molar-refractivity contribution in [3.05, 3.63) is 47.5 Å². The highest BCUT2D eigenvalue weighted by Crippen LogP contribution is 2.23. The molecule has 20 heavy (non-hydrogen) atoms. The van der Waals surface area contributed by atoms with Crippen LogP contribution in [0.2, 0.25) is 5.02 Å². The van der Waals surface area contributed by atoms with Gasteiger partial charge in [-0.25, -0.2) is 8.42 Å². The molecule has 0 saturated heterocycles. The van der Waals surface area contributed by atoms with Crippen molar-refractivity contribution in [2.75, 3.05) is 4.72 Å². The largest absolute Gasteiger partial charge is 0.277 e. The van der Waals surface area contributed by atoms with Gasteiger partial charge in [0, 0.05) is 5.02 Å². The van der Waals surface area contributed by atoms with Crippen LogP contribution >= 0.6 is 11.6 Å². The van der Waals surface area contributed by atoms with Crippen molar-refractivity contribution in [2.24, 2.45) is 0 Å². The highest BCUT2D eigenvalue weighted by molar-refractivity contribution is 7.92. The lowest BCUT2D eigenvalue weighted by Gasteiger charge is -2.08. The van der Waals surface area contributed by atoms with Gasteiger partial charge >= 0.3 is 0 Å². The van der Waals surface area contributed by atoms with Crippen molar-refractivity contribution in [2.45, 2.75) is 4.90 Å². The molecule has 0 aliphatic carbocycles. The minimum atomic E-state index is -3.72. The lowest BCUT2D eigenvalue weighted by Crippen LogP contribution is -2.13. The van der Waals surface area contributed by atoms with Crippen LogP contribution in [0.3, 0.4) is 0 Å². The minimum Gasteiger partial charge on any atom is -0.277 e. The van der Waals surface area contributed by atoms with Gasteiger partial charge in [0.15, 0.2) is 0 Å². The third kappa shape index (κ3) is 2.33. The summed E-state index contributed by atoms with van der Waals surface area (Å²) in [6.45, 7) is 0. The number of hydrogen-bond donors (Lipinski definition) is 2. The van der Waals surface area contributed by atoms with Crippen LogP contribution in [-0.4, -0.2) is 23.8 Å². The highest BCUT2D eigenvalue weighted by Gasteiger charge is 2.16. The van der Waals surface area contributed by atoms with Gasteiger partial charge < -0.3 is 0 Å². The summed E-state index contributed by atoms with van der Waals surface area (Å²) in [5.41, 5.74) is 1.39. The Bertz CT molecular complexity index is 876. The Morgan fingerprint density at radius 1 is 1.10 bits per heavy atom. The molecule has 3 aromatic rings. The van der Waals surface area contributed by atoms with Crippen LogP contribution in [0.15, 0.2) is 47.4 Å². The number of aromatic amines is 1. The maximum absolute atomic E-state index is 12.3. The summed E-state index contributed by atoms with van der Waals surface area (Å²) in [4.78, 5) is 0.0884. The third-order valence-corrected chi connectivity index (χ3v) is 4.30. The van der Waals surface area contributed by atoms with Crippen molar-refractivity contribution in [3.8, 4) is 0 Å². The molecule has 2 aromatic carbocycles. The fraction of sp³-hybridized carbons (Fsp3) is 0. The first-order chi connectivity index (χ1) is 9.56. The van der Waals surface area contributed by atoms with Crippen molar-refractivity contribution in [1.29, 1.82) is 0 Å². The number of nitrogens with zero attached hydrogens (tertiary/aromatic N) is 2. The van der Waals surface area contributed by atoms with Crippen molar-refractivity contribution in [3.63, 3.8) is 0 Å². The lowest BCUT2D eigenvalue weighted by molar-refractivity contribution is 0.601. The number of rotatable bonds is 3. The Balaban J connectivity index is 2.04. The number of H-pyrrole nitrogens is 1. The van der Waals surface area contributed by atoms with Gasteiger partial charge in [0.25, 0.3) is 10.0 Å². The fourth-order valence-electron chi connectivity index (χ4n) is 1.79. The van der Waals surface area contributed by atoms with E-state index in [4.69, 9.17) is 11.6 Å². The first-order valence-corrected chi connectivity index (χ1v) is 7.50. The molecule has 0 fully saturated rings. The maximum atomic E-state index is 12.3. The Hall–Kier alpha value is -2.12. The van der Waals surface area contributed by atoms with E-state index >= 15 is 0 Å².